The third-order valence-electron chi connectivity index (χ3n) is 2.36. The number of carbonyl (C=O) groups excluding carboxylic acids is 1. The monoisotopic (exact) mass is 204 g/mol. The molecule has 1 aliphatic rings. The second-order valence-electron chi connectivity index (χ2n) is 3.41. The molecule has 0 radical (unpaired) electrons. The van der Waals surface area contributed by atoms with E-state index in [-0.39, 0.29) is 12.2 Å². The summed E-state index contributed by atoms with van der Waals surface area (Å²) in [6, 6.07) is 9.84. The predicted octanol–water partition coefficient (Wildman–Crippen LogP) is 2.32. The van der Waals surface area contributed by atoms with Gasteiger partial charge in [0.05, 0.1) is 0 Å². The van der Waals surface area contributed by atoms with Gasteiger partial charge in [0.25, 0.3) is 0 Å². The number of cyclic esters (lactones) is 2. The lowest BCUT2D eigenvalue weighted by molar-refractivity contribution is 0.117. The first-order valence-corrected chi connectivity index (χ1v) is 4.83. The zero-order valence-electron chi connectivity index (χ0n) is 8.26. The Kier molecular flexibility index (Phi) is 2.72. The minimum atomic E-state index is -0.610. The maximum absolute atomic E-state index is 10.9. The van der Waals surface area contributed by atoms with Gasteiger partial charge in [0.2, 0.25) is 0 Å². The topological polar surface area (TPSA) is 35.5 Å². The Hall–Kier alpha value is -1.77. The average molecular weight is 204 g/mol. The van der Waals surface area contributed by atoms with Crippen LogP contribution in [0.25, 0.3) is 0 Å². The molecule has 1 heterocycles. The highest BCUT2D eigenvalue weighted by Gasteiger charge is 2.34. The van der Waals surface area contributed by atoms with E-state index >= 15 is 0 Å². The number of rotatable bonds is 3. The molecule has 15 heavy (non-hydrogen) atoms. The molecule has 1 fully saturated rings. The first kappa shape index (κ1) is 9.77. The molecule has 0 amide bonds. The van der Waals surface area contributed by atoms with Gasteiger partial charge < -0.3 is 9.47 Å². The zero-order chi connectivity index (χ0) is 10.7. The third-order valence-corrected chi connectivity index (χ3v) is 2.36. The van der Waals surface area contributed by atoms with E-state index in [0.717, 1.165) is 5.56 Å². The molecule has 1 aromatic carbocycles. The molecule has 0 unspecified atom stereocenters. The van der Waals surface area contributed by atoms with Crippen LogP contribution in [0.1, 0.15) is 5.56 Å². The van der Waals surface area contributed by atoms with Crippen LogP contribution in [0.15, 0.2) is 43.0 Å². The van der Waals surface area contributed by atoms with Gasteiger partial charge in [-0.25, -0.2) is 4.79 Å². The van der Waals surface area contributed by atoms with Crippen LogP contribution in [0.4, 0.5) is 4.79 Å². The molecule has 0 aromatic heterocycles. The van der Waals surface area contributed by atoms with Crippen molar-refractivity contribution in [2.75, 3.05) is 0 Å². The Morgan fingerprint density at radius 2 is 2.00 bits per heavy atom. The van der Waals surface area contributed by atoms with E-state index in [4.69, 9.17) is 9.47 Å². The van der Waals surface area contributed by atoms with Crippen LogP contribution in [0, 0.1) is 0 Å². The summed E-state index contributed by atoms with van der Waals surface area (Å²) in [6.45, 7) is 3.61. The molecule has 0 saturated carbocycles. The number of benzene rings is 1. The number of carbonyl (C=O) groups is 1. The lowest BCUT2D eigenvalue weighted by Crippen LogP contribution is -2.22. The van der Waals surface area contributed by atoms with Crippen molar-refractivity contribution in [2.24, 2.45) is 0 Å². The second-order valence-corrected chi connectivity index (χ2v) is 3.41. The fourth-order valence-electron chi connectivity index (χ4n) is 1.61. The fourth-order valence-corrected chi connectivity index (χ4v) is 1.61. The summed E-state index contributed by atoms with van der Waals surface area (Å²) < 4.78 is 9.95. The first-order valence-electron chi connectivity index (χ1n) is 4.83. The Labute approximate surface area is 88.3 Å². The molecule has 78 valence electrons. The maximum atomic E-state index is 10.9. The SMILES string of the molecule is C=C[C@@H]1OC(=O)O[C@H]1Cc1ccccc1. The predicted molar refractivity (Wildman–Crippen MR) is 55.5 cm³/mol. The zero-order valence-corrected chi connectivity index (χ0v) is 8.26. The van der Waals surface area contributed by atoms with Gasteiger partial charge in [-0.3, -0.25) is 0 Å². The van der Waals surface area contributed by atoms with Gasteiger partial charge in [0.15, 0.2) is 6.10 Å². The fraction of sp³-hybridized carbons (Fsp3) is 0.250. The second kappa shape index (κ2) is 4.17. The van der Waals surface area contributed by atoms with E-state index in [1.54, 1.807) is 6.08 Å². The van der Waals surface area contributed by atoms with Gasteiger partial charge in [-0.15, -0.1) is 0 Å². The van der Waals surface area contributed by atoms with Crippen molar-refractivity contribution >= 4 is 6.16 Å². The summed E-state index contributed by atoms with van der Waals surface area (Å²) in [7, 11) is 0. The molecule has 2 rings (SSSR count). The van der Waals surface area contributed by atoms with E-state index in [2.05, 4.69) is 6.58 Å². The normalized spacial score (nSPS) is 24.4. The lowest BCUT2D eigenvalue weighted by Gasteiger charge is -2.11. The van der Waals surface area contributed by atoms with E-state index in [9.17, 15) is 4.79 Å². The molecule has 2 atom stereocenters. The summed E-state index contributed by atoms with van der Waals surface area (Å²) in [4.78, 5) is 10.9. The Balaban J connectivity index is 2.06. The molecule has 3 nitrogen and oxygen atoms in total. The summed E-state index contributed by atoms with van der Waals surface area (Å²) in [6.07, 6.45) is 1.05. The molecule has 1 aliphatic heterocycles. The van der Waals surface area contributed by atoms with E-state index < -0.39 is 6.16 Å². The van der Waals surface area contributed by atoms with Crippen LogP contribution in [0.5, 0.6) is 0 Å². The van der Waals surface area contributed by atoms with Crippen LogP contribution in [0.3, 0.4) is 0 Å². The highest BCUT2D eigenvalue weighted by Crippen LogP contribution is 2.19. The Morgan fingerprint density at radius 3 is 2.67 bits per heavy atom. The molecular formula is C12H12O3. The molecule has 3 heteroatoms. The summed E-state index contributed by atoms with van der Waals surface area (Å²) in [5.74, 6) is 0. The van der Waals surface area contributed by atoms with Crippen molar-refractivity contribution in [2.45, 2.75) is 18.6 Å². The van der Waals surface area contributed by atoms with Crippen molar-refractivity contribution in [3.63, 3.8) is 0 Å². The van der Waals surface area contributed by atoms with Crippen molar-refractivity contribution in [1.29, 1.82) is 0 Å². The minimum absolute atomic E-state index is 0.252. The average Bonchev–Trinajstić information content (AvgIpc) is 2.60. The van der Waals surface area contributed by atoms with Crippen LogP contribution in [0.2, 0.25) is 0 Å². The van der Waals surface area contributed by atoms with E-state index in [1.807, 2.05) is 30.3 Å². The van der Waals surface area contributed by atoms with Gasteiger partial charge in [-0.1, -0.05) is 36.9 Å². The third kappa shape index (κ3) is 2.18. The van der Waals surface area contributed by atoms with Gasteiger partial charge in [0.1, 0.15) is 6.10 Å². The summed E-state index contributed by atoms with van der Waals surface area (Å²) in [5, 5.41) is 0. The van der Waals surface area contributed by atoms with Crippen LogP contribution in [-0.2, 0) is 15.9 Å². The van der Waals surface area contributed by atoms with Crippen LogP contribution in [-0.4, -0.2) is 18.4 Å². The van der Waals surface area contributed by atoms with Gasteiger partial charge in [-0.05, 0) is 11.6 Å². The molecule has 0 spiro atoms. The summed E-state index contributed by atoms with van der Waals surface area (Å²) >= 11 is 0. The minimum Gasteiger partial charge on any atom is -0.426 e. The molecule has 0 N–H and O–H groups in total. The van der Waals surface area contributed by atoms with Gasteiger partial charge in [-0.2, -0.15) is 0 Å². The highest BCUT2D eigenvalue weighted by atomic mass is 16.8. The molecule has 0 aliphatic carbocycles. The summed E-state index contributed by atoms with van der Waals surface area (Å²) in [5.41, 5.74) is 1.12. The standard InChI is InChI=1S/C12H12O3/c1-2-10-11(15-12(13)14-10)8-9-6-4-3-5-7-9/h2-7,10-11H,1,8H2/t10-,11-/m0/s1. The van der Waals surface area contributed by atoms with Crippen molar-refractivity contribution < 1.29 is 14.3 Å². The van der Waals surface area contributed by atoms with Gasteiger partial charge in [0, 0.05) is 6.42 Å². The molecule has 1 saturated heterocycles. The Morgan fingerprint density at radius 1 is 1.27 bits per heavy atom. The first-order chi connectivity index (χ1) is 7.29. The highest BCUT2D eigenvalue weighted by molar-refractivity contribution is 5.63. The Bertz CT molecular complexity index is 358. The molecule has 1 aromatic rings. The van der Waals surface area contributed by atoms with E-state index in [0.29, 0.717) is 6.42 Å². The lowest BCUT2D eigenvalue weighted by atomic mass is 10.0. The molecule has 0 bridgehead atoms. The van der Waals surface area contributed by atoms with Crippen molar-refractivity contribution in [3.8, 4) is 0 Å². The molecular weight excluding hydrogens is 192 g/mol. The smallest absolute Gasteiger partial charge is 0.426 e. The van der Waals surface area contributed by atoms with Crippen LogP contribution < -0.4 is 0 Å². The van der Waals surface area contributed by atoms with E-state index in [1.165, 1.54) is 0 Å². The quantitative estimate of drug-likeness (QED) is 0.560. The maximum Gasteiger partial charge on any atom is 0.509 e. The van der Waals surface area contributed by atoms with Gasteiger partial charge >= 0.3 is 6.16 Å². The largest absolute Gasteiger partial charge is 0.509 e. The number of ether oxygens (including phenoxy) is 2. The van der Waals surface area contributed by atoms with Crippen LogP contribution >= 0.6 is 0 Å². The number of hydrogen-bond acceptors (Lipinski definition) is 3. The number of hydrogen-bond donors (Lipinski definition) is 0. The van der Waals surface area contributed by atoms with Crippen molar-refractivity contribution in [1.82, 2.24) is 0 Å². The van der Waals surface area contributed by atoms with Crippen molar-refractivity contribution in [3.05, 3.63) is 48.6 Å².